The Morgan fingerprint density at radius 3 is 2.95 bits per heavy atom. The lowest BCUT2D eigenvalue weighted by Crippen LogP contribution is -2.30. The van der Waals surface area contributed by atoms with Crippen molar-refractivity contribution in [3.63, 3.8) is 0 Å². The smallest absolute Gasteiger partial charge is 0.203 e. The lowest BCUT2D eigenvalue weighted by atomic mass is 10.1. The monoisotopic (exact) mass is 262 g/mol. The van der Waals surface area contributed by atoms with Gasteiger partial charge in [-0.3, -0.25) is 4.79 Å². The maximum Gasteiger partial charge on any atom is 0.203 e. The van der Waals surface area contributed by atoms with E-state index in [-0.39, 0.29) is 18.5 Å². The number of Topliss-reactive ketones (excluding diaryl/α,β-unsaturated/α-hetero) is 1. The Hall–Kier alpha value is -1.55. The van der Waals surface area contributed by atoms with Gasteiger partial charge in [0.25, 0.3) is 0 Å². The summed E-state index contributed by atoms with van der Waals surface area (Å²) >= 11 is 0. The first-order chi connectivity index (χ1) is 9.24. The van der Waals surface area contributed by atoms with Crippen LogP contribution >= 0.6 is 0 Å². The molecule has 1 aliphatic heterocycles. The zero-order valence-corrected chi connectivity index (χ0v) is 10.8. The summed E-state index contributed by atoms with van der Waals surface area (Å²) in [7, 11) is 0. The van der Waals surface area contributed by atoms with E-state index in [9.17, 15) is 9.90 Å². The van der Waals surface area contributed by atoms with Crippen LogP contribution in [0.3, 0.4) is 0 Å². The van der Waals surface area contributed by atoms with Gasteiger partial charge in [-0.05, 0) is 31.4 Å². The highest BCUT2D eigenvalue weighted by Crippen LogP contribution is 2.31. The largest absolute Gasteiger partial charge is 0.488 e. The second kappa shape index (κ2) is 5.21. The summed E-state index contributed by atoms with van der Waals surface area (Å²) < 4.78 is 11.2. The van der Waals surface area contributed by atoms with Gasteiger partial charge in [-0.15, -0.1) is 0 Å². The van der Waals surface area contributed by atoms with Crippen LogP contribution in [0.2, 0.25) is 0 Å². The Morgan fingerprint density at radius 1 is 1.21 bits per heavy atom. The molecule has 1 aromatic rings. The van der Waals surface area contributed by atoms with Crippen molar-refractivity contribution in [2.45, 2.75) is 44.3 Å². The molecule has 102 valence electrons. The minimum absolute atomic E-state index is 0.0102. The zero-order chi connectivity index (χ0) is 13.2. The van der Waals surface area contributed by atoms with E-state index in [1.54, 1.807) is 18.2 Å². The number of hydrogen-bond donors (Lipinski definition) is 1. The summed E-state index contributed by atoms with van der Waals surface area (Å²) in [6.45, 7) is 0.116. The van der Waals surface area contributed by atoms with E-state index in [1.165, 1.54) is 0 Å². The fourth-order valence-corrected chi connectivity index (χ4v) is 2.71. The first-order valence-corrected chi connectivity index (χ1v) is 6.89. The Kier molecular flexibility index (Phi) is 3.42. The number of rotatable bonds is 2. The number of fused-ring (bicyclic) bond motifs is 1. The number of hydrogen-bond acceptors (Lipinski definition) is 4. The third-order valence-electron chi connectivity index (χ3n) is 3.82. The molecule has 2 aliphatic rings. The van der Waals surface area contributed by atoms with E-state index >= 15 is 0 Å². The van der Waals surface area contributed by atoms with Crippen molar-refractivity contribution in [2.24, 2.45) is 0 Å². The van der Waals surface area contributed by atoms with E-state index in [0.29, 0.717) is 17.1 Å². The highest BCUT2D eigenvalue weighted by atomic mass is 16.5. The number of carbonyl (C=O) groups excluding carboxylic acids is 1. The summed E-state index contributed by atoms with van der Waals surface area (Å²) in [5, 5.41) is 10.0. The van der Waals surface area contributed by atoms with E-state index < -0.39 is 6.10 Å². The topological polar surface area (TPSA) is 55.8 Å². The van der Waals surface area contributed by atoms with Gasteiger partial charge >= 0.3 is 0 Å². The quantitative estimate of drug-likeness (QED) is 0.831. The van der Waals surface area contributed by atoms with Crippen molar-refractivity contribution in [3.8, 4) is 11.5 Å². The predicted molar refractivity (Wildman–Crippen MR) is 69.8 cm³/mol. The second-order valence-corrected chi connectivity index (χ2v) is 5.23. The van der Waals surface area contributed by atoms with Crippen LogP contribution in [0.15, 0.2) is 18.2 Å². The number of carbonyl (C=O) groups is 1. The Morgan fingerprint density at radius 2 is 2.05 bits per heavy atom. The molecule has 1 aliphatic carbocycles. The SMILES string of the molecule is O=C1COc2cc(OC3CCCCCC3O)ccc21. The van der Waals surface area contributed by atoms with E-state index in [0.717, 1.165) is 32.1 Å². The van der Waals surface area contributed by atoms with Crippen LogP contribution < -0.4 is 9.47 Å². The molecule has 1 heterocycles. The summed E-state index contributed by atoms with van der Waals surface area (Å²) in [5.74, 6) is 1.26. The molecule has 0 amide bonds. The van der Waals surface area contributed by atoms with Gasteiger partial charge < -0.3 is 14.6 Å². The van der Waals surface area contributed by atoms with Crippen molar-refractivity contribution < 1.29 is 19.4 Å². The molecule has 3 rings (SSSR count). The molecule has 1 saturated carbocycles. The van der Waals surface area contributed by atoms with E-state index in [1.807, 2.05) is 0 Å². The molecule has 2 atom stereocenters. The van der Waals surface area contributed by atoms with Crippen molar-refractivity contribution in [3.05, 3.63) is 23.8 Å². The summed E-state index contributed by atoms with van der Waals surface area (Å²) in [6.07, 6.45) is 4.40. The predicted octanol–water partition coefficient (Wildman–Crippen LogP) is 2.33. The van der Waals surface area contributed by atoms with Crippen LogP contribution in [0, 0.1) is 0 Å². The van der Waals surface area contributed by atoms with Gasteiger partial charge in [0, 0.05) is 6.07 Å². The second-order valence-electron chi connectivity index (χ2n) is 5.23. The standard InChI is InChI=1S/C15H18O4/c16-12-4-2-1-3-5-14(12)19-10-6-7-11-13(17)9-18-15(11)8-10/h6-8,12,14,16H,1-5,9H2. The van der Waals surface area contributed by atoms with Crippen LogP contribution in [0.1, 0.15) is 42.5 Å². The van der Waals surface area contributed by atoms with Gasteiger partial charge in [-0.2, -0.15) is 0 Å². The Bertz CT molecular complexity index is 483. The molecule has 0 radical (unpaired) electrons. The molecule has 0 bridgehead atoms. The number of ketones is 1. The Labute approximate surface area is 112 Å². The molecule has 1 fully saturated rings. The minimum Gasteiger partial charge on any atom is -0.488 e. The van der Waals surface area contributed by atoms with E-state index in [4.69, 9.17) is 9.47 Å². The molecule has 2 unspecified atom stereocenters. The van der Waals surface area contributed by atoms with Gasteiger partial charge in [0.05, 0.1) is 11.7 Å². The van der Waals surface area contributed by atoms with Crippen molar-refractivity contribution >= 4 is 5.78 Å². The highest BCUT2D eigenvalue weighted by molar-refractivity contribution is 6.02. The average Bonchev–Trinajstić information content (AvgIpc) is 2.65. The normalized spacial score (nSPS) is 26.5. The van der Waals surface area contributed by atoms with Gasteiger partial charge in [0.15, 0.2) is 6.61 Å². The lowest BCUT2D eigenvalue weighted by molar-refractivity contribution is 0.0319. The van der Waals surface area contributed by atoms with Gasteiger partial charge in [-0.1, -0.05) is 12.8 Å². The zero-order valence-electron chi connectivity index (χ0n) is 10.8. The molecular weight excluding hydrogens is 244 g/mol. The van der Waals surface area contributed by atoms with Crippen LogP contribution in [0.5, 0.6) is 11.5 Å². The third kappa shape index (κ3) is 2.59. The first kappa shape index (κ1) is 12.5. The maximum absolute atomic E-state index is 11.5. The number of benzene rings is 1. The van der Waals surface area contributed by atoms with E-state index in [2.05, 4.69) is 0 Å². The molecule has 1 aromatic carbocycles. The molecule has 0 aromatic heterocycles. The molecule has 1 N–H and O–H groups in total. The summed E-state index contributed by atoms with van der Waals surface area (Å²) in [4.78, 5) is 11.5. The third-order valence-corrected chi connectivity index (χ3v) is 3.82. The van der Waals surface area contributed by atoms with Crippen molar-refractivity contribution in [2.75, 3.05) is 6.61 Å². The van der Waals surface area contributed by atoms with Crippen LogP contribution in [-0.4, -0.2) is 29.7 Å². The van der Waals surface area contributed by atoms with Crippen LogP contribution in [0.4, 0.5) is 0 Å². The molecule has 4 heteroatoms. The number of ether oxygens (including phenoxy) is 2. The Balaban J connectivity index is 1.74. The maximum atomic E-state index is 11.5. The van der Waals surface area contributed by atoms with Crippen LogP contribution in [-0.2, 0) is 0 Å². The molecule has 4 nitrogen and oxygen atoms in total. The fourth-order valence-electron chi connectivity index (χ4n) is 2.71. The molecule has 19 heavy (non-hydrogen) atoms. The average molecular weight is 262 g/mol. The molecule has 0 spiro atoms. The lowest BCUT2D eigenvalue weighted by Gasteiger charge is -2.22. The number of aliphatic hydroxyl groups excluding tert-OH is 1. The summed E-state index contributed by atoms with van der Waals surface area (Å²) in [5.41, 5.74) is 0.619. The van der Waals surface area contributed by atoms with Gasteiger partial charge in [0.2, 0.25) is 5.78 Å². The van der Waals surface area contributed by atoms with Crippen LogP contribution in [0.25, 0.3) is 0 Å². The number of aliphatic hydroxyl groups is 1. The van der Waals surface area contributed by atoms with Gasteiger partial charge in [0.1, 0.15) is 17.6 Å². The minimum atomic E-state index is -0.404. The molecular formula is C15H18O4. The molecule has 0 saturated heterocycles. The van der Waals surface area contributed by atoms with Crippen molar-refractivity contribution in [1.29, 1.82) is 0 Å². The highest BCUT2D eigenvalue weighted by Gasteiger charge is 2.25. The fraction of sp³-hybridized carbons (Fsp3) is 0.533. The summed E-state index contributed by atoms with van der Waals surface area (Å²) in [6, 6.07) is 5.27. The van der Waals surface area contributed by atoms with Gasteiger partial charge in [-0.25, -0.2) is 0 Å². The first-order valence-electron chi connectivity index (χ1n) is 6.89. The van der Waals surface area contributed by atoms with Crippen molar-refractivity contribution in [1.82, 2.24) is 0 Å².